The van der Waals surface area contributed by atoms with E-state index in [-0.39, 0.29) is 22.2 Å². The van der Waals surface area contributed by atoms with Crippen LogP contribution in [0.4, 0.5) is 0 Å². The fourth-order valence-electron chi connectivity index (χ4n) is 2.33. The molecule has 0 fully saturated rings. The number of hydrogen-bond donors (Lipinski definition) is 0. The molecule has 1 aromatic carbocycles. The van der Waals surface area contributed by atoms with Gasteiger partial charge in [-0.2, -0.15) is 0 Å². The highest BCUT2D eigenvalue weighted by Crippen LogP contribution is 2.30. The van der Waals surface area contributed by atoms with Crippen LogP contribution in [0.5, 0.6) is 0 Å². The van der Waals surface area contributed by atoms with Crippen molar-refractivity contribution < 1.29 is 9.53 Å². The first-order valence-corrected chi connectivity index (χ1v) is 8.37. The summed E-state index contributed by atoms with van der Waals surface area (Å²) in [6.45, 7) is 8.78. The van der Waals surface area contributed by atoms with Crippen LogP contribution in [-0.4, -0.2) is 21.1 Å². The van der Waals surface area contributed by atoms with Gasteiger partial charge in [-0.25, -0.2) is 9.78 Å². The van der Waals surface area contributed by atoms with Gasteiger partial charge in [0.1, 0.15) is 0 Å². The van der Waals surface area contributed by atoms with Gasteiger partial charge in [-0.05, 0) is 44.0 Å². The van der Waals surface area contributed by atoms with Crippen LogP contribution < -0.4 is 0 Å². The van der Waals surface area contributed by atoms with Crippen molar-refractivity contribution in [3.05, 3.63) is 64.7 Å². The molecule has 0 unspecified atom stereocenters. The molecule has 0 amide bonds. The van der Waals surface area contributed by atoms with E-state index in [0.717, 1.165) is 5.56 Å². The van der Waals surface area contributed by atoms with Crippen LogP contribution in [0.3, 0.4) is 0 Å². The van der Waals surface area contributed by atoms with Crippen molar-refractivity contribution in [3.8, 4) is 11.8 Å². The third-order valence-electron chi connectivity index (χ3n) is 3.51. The van der Waals surface area contributed by atoms with Crippen LogP contribution in [0, 0.1) is 11.8 Å². The van der Waals surface area contributed by atoms with E-state index in [1.807, 2.05) is 37.3 Å². The summed E-state index contributed by atoms with van der Waals surface area (Å²) in [6.07, 6.45) is 1.43. The average molecular weight is 377 g/mol. The molecular weight excluding hydrogens is 359 g/mol. The maximum Gasteiger partial charge on any atom is 0.359 e. The number of esters is 1. The van der Waals surface area contributed by atoms with E-state index < -0.39 is 11.6 Å². The van der Waals surface area contributed by atoms with Gasteiger partial charge in [0.2, 0.25) is 5.28 Å². The molecule has 6 heteroatoms. The molecule has 2 rings (SSSR count). The van der Waals surface area contributed by atoms with Gasteiger partial charge in [-0.1, -0.05) is 60.4 Å². The Bertz CT molecular complexity index is 846. The number of ether oxygens (including phenoxy) is 1. The van der Waals surface area contributed by atoms with E-state index in [4.69, 9.17) is 27.9 Å². The molecule has 0 radical (unpaired) electrons. The van der Waals surface area contributed by atoms with E-state index in [1.54, 1.807) is 18.4 Å². The molecule has 0 saturated carbocycles. The van der Waals surface area contributed by atoms with Gasteiger partial charge in [-0.15, -0.1) is 0 Å². The van der Waals surface area contributed by atoms with Crippen LogP contribution in [0.25, 0.3) is 0 Å². The second kappa shape index (κ2) is 7.77. The number of nitrogens with zero attached hydrogens (tertiary/aromatic N) is 2. The lowest BCUT2D eigenvalue weighted by atomic mass is 10.1. The Hall–Kier alpha value is -2.22. The topological polar surface area (TPSA) is 44.1 Å². The van der Waals surface area contributed by atoms with Crippen molar-refractivity contribution in [1.82, 2.24) is 9.55 Å². The Morgan fingerprint density at radius 3 is 2.60 bits per heavy atom. The predicted octanol–water partition coefficient (Wildman–Crippen LogP) is 4.92. The third kappa shape index (κ3) is 4.45. The summed E-state index contributed by atoms with van der Waals surface area (Å²) in [5.74, 6) is 4.84. The van der Waals surface area contributed by atoms with Gasteiger partial charge in [0.25, 0.3) is 0 Å². The number of allylic oxidation sites excluding steroid dienone is 1. The number of rotatable bonds is 4. The van der Waals surface area contributed by atoms with Crippen LogP contribution in [-0.2, 0) is 4.74 Å². The molecule has 0 spiro atoms. The lowest BCUT2D eigenvalue weighted by Crippen LogP contribution is -2.28. The Kier molecular flexibility index (Phi) is 5.94. The maximum absolute atomic E-state index is 12.7. The van der Waals surface area contributed by atoms with E-state index in [1.165, 1.54) is 6.08 Å². The Morgan fingerprint density at radius 2 is 2.00 bits per heavy atom. The van der Waals surface area contributed by atoms with Gasteiger partial charge in [-0.3, -0.25) is 0 Å². The van der Waals surface area contributed by atoms with Crippen molar-refractivity contribution in [1.29, 1.82) is 0 Å². The van der Waals surface area contributed by atoms with Crippen molar-refractivity contribution in [2.24, 2.45) is 0 Å². The molecule has 130 valence electrons. The fourth-order valence-corrected chi connectivity index (χ4v) is 2.93. The van der Waals surface area contributed by atoms with Crippen LogP contribution in [0.1, 0.15) is 42.9 Å². The Balaban J connectivity index is 2.42. The number of hydrogen-bond acceptors (Lipinski definition) is 3. The summed E-state index contributed by atoms with van der Waals surface area (Å²) < 4.78 is 7.04. The number of benzene rings is 1. The van der Waals surface area contributed by atoms with Crippen LogP contribution in [0.2, 0.25) is 10.4 Å². The molecule has 0 aliphatic heterocycles. The Morgan fingerprint density at radius 1 is 1.36 bits per heavy atom. The molecule has 0 bridgehead atoms. The minimum absolute atomic E-state index is 0.00902. The van der Waals surface area contributed by atoms with Crippen molar-refractivity contribution in [2.75, 3.05) is 0 Å². The lowest BCUT2D eigenvalue weighted by Gasteiger charge is -2.21. The molecule has 25 heavy (non-hydrogen) atoms. The van der Waals surface area contributed by atoms with Gasteiger partial charge < -0.3 is 9.30 Å². The molecule has 0 aliphatic carbocycles. The van der Waals surface area contributed by atoms with Crippen molar-refractivity contribution >= 4 is 29.2 Å². The summed E-state index contributed by atoms with van der Waals surface area (Å²) in [6, 6.07) is 9.34. The van der Waals surface area contributed by atoms with Crippen LogP contribution >= 0.6 is 23.2 Å². The van der Waals surface area contributed by atoms with Crippen molar-refractivity contribution in [3.63, 3.8) is 0 Å². The largest absolute Gasteiger partial charge is 0.442 e. The predicted molar refractivity (Wildman–Crippen MR) is 100.0 cm³/mol. The molecule has 2 aromatic rings. The minimum Gasteiger partial charge on any atom is -0.442 e. The molecule has 0 saturated heterocycles. The zero-order valence-electron chi connectivity index (χ0n) is 14.2. The first kappa shape index (κ1) is 19.1. The highest BCUT2D eigenvalue weighted by molar-refractivity contribution is 6.34. The van der Waals surface area contributed by atoms with Gasteiger partial charge >= 0.3 is 5.97 Å². The van der Waals surface area contributed by atoms with E-state index >= 15 is 0 Å². The quantitative estimate of drug-likeness (QED) is 0.561. The first-order valence-electron chi connectivity index (χ1n) is 7.62. The molecule has 4 nitrogen and oxygen atoms in total. The summed E-state index contributed by atoms with van der Waals surface area (Å²) in [5.41, 5.74) is 0.0429. The number of halogens is 2. The molecule has 1 aromatic heterocycles. The van der Waals surface area contributed by atoms with Gasteiger partial charge in [0, 0.05) is 0 Å². The average Bonchev–Trinajstić information content (AvgIpc) is 2.87. The maximum atomic E-state index is 12.7. The number of carbonyl (C=O) groups is 1. The second-order valence-electron chi connectivity index (χ2n) is 5.85. The molecular formula is C19H18Cl2N2O2. The SMILES string of the molecule is C=CC#CC(C)(C)OC(=O)c1c(Cl)nc(Cl)n1[C@H](C)c1ccccc1. The van der Waals surface area contributed by atoms with Gasteiger partial charge in [0.15, 0.2) is 16.4 Å². The Labute approximate surface area is 157 Å². The molecule has 0 aliphatic rings. The summed E-state index contributed by atoms with van der Waals surface area (Å²) in [5, 5.41) is 0.105. The monoisotopic (exact) mass is 376 g/mol. The molecule has 0 N–H and O–H groups in total. The zero-order valence-corrected chi connectivity index (χ0v) is 15.7. The smallest absolute Gasteiger partial charge is 0.359 e. The second-order valence-corrected chi connectivity index (χ2v) is 6.55. The first-order chi connectivity index (χ1) is 11.8. The molecule has 1 atom stereocenters. The zero-order chi connectivity index (χ0) is 18.6. The lowest BCUT2D eigenvalue weighted by molar-refractivity contribution is 0.0191. The number of imidazole rings is 1. The number of carbonyl (C=O) groups excluding carboxylic acids is 1. The van der Waals surface area contributed by atoms with Crippen molar-refractivity contribution in [2.45, 2.75) is 32.4 Å². The standard InChI is InChI=1S/C19H18Cl2N2O2/c1-5-6-12-19(3,4)25-17(24)15-16(20)22-18(21)23(15)13(2)14-10-8-7-9-11-14/h5,7-11,13H,1H2,2-4H3/t13-/m1/s1. The van der Waals surface area contributed by atoms with E-state index in [9.17, 15) is 4.79 Å². The van der Waals surface area contributed by atoms with E-state index in [0.29, 0.717) is 0 Å². The highest BCUT2D eigenvalue weighted by Gasteiger charge is 2.30. The highest BCUT2D eigenvalue weighted by atomic mass is 35.5. The number of aromatic nitrogens is 2. The van der Waals surface area contributed by atoms with Crippen LogP contribution in [0.15, 0.2) is 43.0 Å². The summed E-state index contributed by atoms with van der Waals surface area (Å²) in [4.78, 5) is 16.7. The van der Waals surface area contributed by atoms with Gasteiger partial charge in [0.05, 0.1) is 6.04 Å². The molecule has 1 heterocycles. The summed E-state index contributed by atoms with van der Waals surface area (Å²) >= 11 is 12.4. The third-order valence-corrected chi connectivity index (χ3v) is 4.04. The fraction of sp³-hybridized carbons (Fsp3) is 0.263. The van der Waals surface area contributed by atoms with E-state index in [2.05, 4.69) is 23.4 Å². The normalized spacial score (nSPS) is 12.0. The summed E-state index contributed by atoms with van der Waals surface area (Å²) in [7, 11) is 0. The minimum atomic E-state index is -1.01.